The molecule has 1 aliphatic heterocycles. The number of hydrogen-bond donors (Lipinski definition) is 3. The highest BCUT2D eigenvalue weighted by atomic mass is 16.2. The fourth-order valence-corrected chi connectivity index (χ4v) is 3.04. The Labute approximate surface area is 159 Å². The molecule has 1 atom stereocenters. The number of nitrogens with zero attached hydrogens (tertiary/aromatic N) is 1. The maximum atomic E-state index is 12.8. The minimum absolute atomic E-state index is 0.105. The summed E-state index contributed by atoms with van der Waals surface area (Å²) in [7, 11) is 0. The Kier molecular flexibility index (Phi) is 5.86. The SMILES string of the molecule is CC(C)C[C@H]1CC(=O)NC(NC(=O)c2ccccc2Nc2ccccc2)=N1. The van der Waals surface area contributed by atoms with Crippen LogP contribution >= 0.6 is 0 Å². The third-order valence-corrected chi connectivity index (χ3v) is 4.19. The second-order valence-electron chi connectivity index (χ2n) is 7.00. The second kappa shape index (κ2) is 8.49. The Balaban J connectivity index is 1.76. The summed E-state index contributed by atoms with van der Waals surface area (Å²) in [5.74, 6) is 0.203. The Morgan fingerprint density at radius 2 is 1.85 bits per heavy atom. The number of aliphatic imine (C=N–C) groups is 1. The molecule has 0 unspecified atom stereocenters. The van der Waals surface area contributed by atoms with Crippen molar-refractivity contribution in [3.8, 4) is 0 Å². The lowest BCUT2D eigenvalue weighted by atomic mass is 10.0. The van der Waals surface area contributed by atoms with Gasteiger partial charge >= 0.3 is 0 Å². The van der Waals surface area contributed by atoms with Gasteiger partial charge in [-0.05, 0) is 36.6 Å². The highest BCUT2D eigenvalue weighted by molar-refractivity contribution is 6.12. The zero-order valence-electron chi connectivity index (χ0n) is 15.5. The smallest absolute Gasteiger partial charge is 0.260 e. The first-order valence-electron chi connectivity index (χ1n) is 9.11. The molecular formula is C21H24N4O2. The fourth-order valence-electron chi connectivity index (χ4n) is 3.04. The predicted molar refractivity (Wildman–Crippen MR) is 107 cm³/mol. The predicted octanol–water partition coefficient (Wildman–Crippen LogP) is 3.45. The summed E-state index contributed by atoms with van der Waals surface area (Å²) in [6, 6.07) is 16.8. The zero-order valence-corrected chi connectivity index (χ0v) is 15.5. The van der Waals surface area contributed by atoms with E-state index in [-0.39, 0.29) is 23.8 Å². The van der Waals surface area contributed by atoms with Gasteiger partial charge in [-0.1, -0.05) is 44.2 Å². The summed E-state index contributed by atoms with van der Waals surface area (Å²) in [6.45, 7) is 4.18. The minimum atomic E-state index is -0.321. The van der Waals surface area contributed by atoms with Gasteiger partial charge in [-0.2, -0.15) is 0 Å². The molecule has 0 fully saturated rings. The van der Waals surface area contributed by atoms with E-state index < -0.39 is 0 Å². The number of rotatable bonds is 5. The van der Waals surface area contributed by atoms with E-state index in [0.717, 1.165) is 12.1 Å². The van der Waals surface area contributed by atoms with Gasteiger partial charge in [-0.3, -0.25) is 20.2 Å². The van der Waals surface area contributed by atoms with Gasteiger partial charge in [0, 0.05) is 12.1 Å². The number of carbonyl (C=O) groups excluding carboxylic acids is 2. The van der Waals surface area contributed by atoms with E-state index in [1.165, 1.54) is 0 Å². The van der Waals surface area contributed by atoms with E-state index in [9.17, 15) is 9.59 Å². The summed E-state index contributed by atoms with van der Waals surface area (Å²) < 4.78 is 0. The van der Waals surface area contributed by atoms with Crippen molar-refractivity contribution >= 4 is 29.1 Å². The Morgan fingerprint density at radius 1 is 1.15 bits per heavy atom. The second-order valence-corrected chi connectivity index (χ2v) is 7.00. The van der Waals surface area contributed by atoms with E-state index in [4.69, 9.17) is 0 Å². The summed E-state index contributed by atoms with van der Waals surface area (Å²) in [5, 5.41) is 8.63. The van der Waals surface area contributed by atoms with Crippen LogP contribution in [-0.2, 0) is 4.79 Å². The van der Waals surface area contributed by atoms with Crippen LogP contribution in [0.15, 0.2) is 59.6 Å². The summed E-state index contributed by atoms with van der Waals surface area (Å²) in [6.07, 6.45) is 1.16. The van der Waals surface area contributed by atoms with Crippen molar-refractivity contribution in [3.05, 3.63) is 60.2 Å². The van der Waals surface area contributed by atoms with Gasteiger partial charge < -0.3 is 5.32 Å². The first-order valence-corrected chi connectivity index (χ1v) is 9.11. The summed E-state index contributed by atoms with van der Waals surface area (Å²) in [4.78, 5) is 29.2. The molecular weight excluding hydrogens is 340 g/mol. The molecule has 0 spiro atoms. The molecule has 6 nitrogen and oxygen atoms in total. The van der Waals surface area contributed by atoms with Crippen LogP contribution in [0.1, 0.15) is 37.0 Å². The van der Waals surface area contributed by atoms with Crippen molar-refractivity contribution in [1.29, 1.82) is 0 Å². The molecule has 140 valence electrons. The largest absolute Gasteiger partial charge is 0.355 e. The molecule has 0 aromatic heterocycles. The lowest BCUT2D eigenvalue weighted by Gasteiger charge is -2.22. The van der Waals surface area contributed by atoms with Crippen molar-refractivity contribution < 1.29 is 9.59 Å². The lowest BCUT2D eigenvalue weighted by Crippen LogP contribution is -2.48. The molecule has 1 aliphatic rings. The van der Waals surface area contributed by atoms with Gasteiger partial charge in [0.05, 0.1) is 17.3 Å². The van der Waals surface area contributed by atoms with Crippen molar-refractivity contribution in [1.82, 2.24) is 10.6 Å². The van der Waals surface area contributed by atoms with Crippen LogP contribution in [-0.4, -0.2) is 23.8 Å². The molecule has 2 amide bonds. The van der Waals surface area contributed by atoms with Crippen LogP contribution in [0, 0.1) is 5.92 Å². The van der Waals surface area contributed by atoms with Crippen molar-refractivity contribution in [3.63, 3.8) is 0 Å². The average molecular weight is 364 g/mol. The number of carbonyl (C=O) groups is 2. The molecule has 27 heavy (non-hydrogen) atoms. The highest BCUT2D eigenvalue weighted by Gasteiger charge is 2.23. The molecule has 3 N–H and O–H groups in total. The van der Waals surface area contributed by atoms with E-state index in [1.807, 2.05) is 42.5 Å². The molecule has 0 saturated carbocycles. The van der Waals surface area contributed by atoms with Crippen LogP contribution in [0.5, 0.6) is 0 Å². The molecule has 0 radical (unpaired) electrons. The van der Waals surface area contributed by atoms with Gasteiger partial charge in [0.25, 0.3) is 5.91 Å². The highest BCUT2D eigenvalue weighted by Crippen LogP contribution is 2.21. The molecule has 0 bridgehead atoms. The fraction of sp³-hybridized carbons (Fsp3) is 0.286. The number of anilines is 2. The van der Waals surface area contributed by atoms with Crippen LogP contribution in [0.25, 0.3) is 0 Å². The number of nitrogens with one attached hydrogen (secondary N) is 3. The third kappa shape index (κ3) is 5.17. The monoisotopic (exact) mass is 364 g/mol. The van der Waals surface area contributed by atoms with E-state index in [2.05, 4.69) is 34.8 Å². The van der Waals surface area contributed by atoms with Crippen LogP contribution in [0.2, 0.25) is 0 Å². The maximum absolute atomic E-state index is 12.8. The Bertz CT molecular complexity index is 846. The molecule has 6 heteroatoms. The number of amides is 2. The first-order chi connectivity index (χ1) is 13.0. The quantitative estimate of drug-likeness (QED) is 0.760. The molecule has 0 aliphatic carbocycles. The normalized spacial score (nSPS) is 16.5. The average Bonchev–Trinajstić information content (AvgIpc) is 2.62. The zero-order chi connectivity index (χ0) is 19.2. The lowest BCUT2D eigenvalue weighted by molar-refractivity contribution is -0.120. The molecule has 0 saturated heterocycles. The first kappa shape index (κ1) is 18.6. The van der Waals surface area contributed by atoms with Crippen molar-refractivity contribution in [2.75, 3.05) is 5.32 Å². The standard InChI is InChI=1S/C21H24N4O2/c1-14(2)12-16-13-19(26)24-21(23-16)25-20(27)17-10-6-7-11-18(17)22-15-8-4-3-5-9-15/h3-11,14,16,22H,12-13H2,1-2H3,(H2,23,24,25,26,27)/t16-/m0/s1. The topological polar surface area (TPSA) is 82.6 Å². The van der Waals surface area contributed by atoms with Gasteiger partial charge in [0.2, 0.25) is 11.9 Å². The van der Waals surface area contributed by atoms with Gasteiger partial charge in [-0.25, -0.2) is 4.99 Å². The Morgan fingerprint density at radius 3 is 2.59 bits per heavy atom. The van der Waals surface area contributed by atoms with Gasteiger partial charge in [0.15, 0.2) is 0 Å². The van der Waals surface area contributed by atoms with Gasteiger partial charge in [0.1, 0.15) is 0 Å². The van der Waals surface area contributed by atoms with E-state index >= 15 is 0 Å². The third-order valence-electron chi connectivity index (χ3n) is 4.19. The Hall–Kier alpha value is -3.15. The van der Waals surface area contributed by atoms with Crippen LogP contribution in [0.4, 0.5) is 11.4 Å². The van der Waals surface area contributed by atoms with E-state index in [1.54, 1.807) is 12.1 Å². The molecule has 2 aromatic carbocycles. The number of para-hydroxylation sites is 2. The maximum Gasteiger partial charge on any atom is 0.260 e. The number of guanidine groups is 1. The van der Waals surface area contributed by atoms with E-state index in [0.29, 0.717) is 23.6 Å². The minimum Gasteiger partial charge on any atom is -0.355 e. The van der Waals surface area contributed by atoms with Crippen molar-refractivity contribution in [2.45, 2.75) is 32.7 Å². The van der Waals surface area contributed by atoms with Crippen LogP contribution in [0.3, 0.4) is 0 Å². The van der Waals surface area contributed by atoms with Gasteiger partial charge in [-0.15, -0.1) is 0 Å². The summed E-state index contributed by atoms with van der Waals surface area (Å²) in [5.41, 5.74) is 2.05. The number of benzene rings is 2. The molecule has 1 heterocycles. The molecule has 2 aromatic rings. The van der Waals surface area contributed by atoms with Crippen LogP contribution < -0.4 is 16.0 Å². The number of hydrogen-bond acceptors (Lipinski definition) is 4. The summed E-state index contributed by atoms with van der Waals surface area (Å²) >= 11 is 0. The molecule has 3 rings (SSSR count). The van der Waals surface area contributed by atoms with Crippen molar-refractivity contribution in [2.24, 2.45) is 10.9 Å².